The van der Waals surface area contributed by atoms with E-state index >= 15 is 0 Å². The van der Waals surface area contributed by atoms with Crippen molar-refractivity contribution in [2.75, 3.05) is 24.4 Å². The Hall–Kier alpha value is -3.59. The van der Waals surface area contributed by atoms with Crippen LogP contribution in [-0.2, 0) is 6.54 Å². The Bertz CT molecular complexity index is 1110. The number of phenolic OH excluding ortho intramolecular Hbond substituents is 1. The number of amides is 1. The molecule has 0 aliphatic heterocycles. The molecule has 1 aromatic heterocycles. The molecule has 1 amide bonds. The standard InChI is InChI=1S/C19H20N4O5.2C2H6/c1-10-7-11(28-9-10)8-23(20)15-14(17(25)18(15)26)21-13-6-4-5-12(16(13)24)19(27)22(2)3;2*1-2/h4-7,9,21,24H,8,20H2,1-3H3;2*1-2H3. The first kappa shape index (κ1) is 26.4. The van der Waals surface area contributed by atoms with Crippen LogP contribution in [0.4, 0.5) is 17.1 Å². The number of hydrazine groups is 1. The summed E-state index contributed by atoms with van der Waals surface area (Å²) in [6.07, 6.45) is 1.55. The molecule has 0 spiro atoms. The van der Waals surface area contributed by atoms with E-state index in [0.717, 1.165) is 10.6 Å². The zero-order chi connectivity index (χ0) is 24.6. The van der Waals surface area contributed by atoms with E-state index in [1.807, 2.05) is 34.6 Å². The van der Waals surface area contributed by atoms with Crippen LogP contribution in [0.2, 0.25) is 0 Å². The Labute approximate surface area is 187 Å². The zero-order valence-electron chi connectivity index (χ0n) is 19.6. The minimum Gasteiger partial charge on any atom is -0.505 e. The van der Waals surface area contributed by atoms with Crippen molar-refractivity contribution in [2.45, 2.75) is 41.2 Å². The molecule has 4 N–H and O–H groups in total. The average Bonchev–Trinajstić information content (AvgIpc) is 3.20. The van der Waals surface area contributed by atoms with Gasteiger partial charge < -0.3 is 19.7 Å². The summed E-state index contributed by atoms with van der Waals surface area (Å²) in [6, 6.07) is 6.26. The van der Waals surface area contributed by atoms with E-state index in [1.54, 1.807) is 32.5 Å². The number of hydrogen-bond donors (Lipinski definition) is 3. The van der Waals surface area contributed by atoms with Crippen LogP contribution in [0.3, 0.4) is 0 Å². The lowest BCUT2D eigenvalue weighted by molar-refractivity contribution is 0.0824. The highest BCUT2D eigenvalue weighted by Gasteiger charge is 2.27. The maximum absolute atomic E-state index is 12.1. The number of nitrogens with zero attached hydrogens (tertiary/aromatic N) is 2. The first-order valence-corrected chi connectivity index (χ1v) is 10.4. The Morgan fingerprint density at radius 2 is 1.75 bits per heavy atom. The van der Waals surface area contributed by atoms with Crippen LogP contribution < -0.4 is 27.0 Å². The Kier molecular flexibility index (Phi) is 9.68. The van der Waals surface area contributed by atoms with Gasteiger partial charge in [0.25, 0.3) is 16.8 Å². The van der Waals surface area contributed by atoms with Crippen LogP contribution in [-0.4, -0.2) is 30.0 Å². The molecule has 0 saturated heterocycles. The van der Waals surface area contributed by atoms with E-state index in [-0.39, 0.29) is 34.9 Å². The maximum Gasteiger partial charge on any atom is 0.257 e. The summed E-state index contributed by atoms with van der Waals surface area (Å²) >= 11 is 0. The Morgan fingerprint density at radius 3 is 2.28 bits per heavy atom. The molecule has 0 fully saturated rings. The van der Waals surface area contributed by atoms with E-state index in [1.165, 1.54) is 17.0 Å². The summed E-state index contributed by atoms with van der Waals surface area (Å²) in [6.45, 7) is 9.93. The minimum atomic E-state index is -0.759. The summed E-state index contributed by atoms with van der Waals surface area (Å²) in [5, 5.41) is 14.2. The van der Waals surface area contributed by atoms with Gasteiger partial charge in [-0.25, -0.2) is 5.84 Å². The van der Waals surface area contributed by atoms with Gasteiger partial charge in [-0.3, -0.25) is 19.4 Å². The first-order chi connectivity index (χ1) is 15.2. The molecular weight excluding hydrogens is 412 g/mol. The highest BCUT2D eigenvalue weighted by molar-refractivity contribution is 5.99. The topological polar surface area (TPSA) is 129 Å². The van der Waals surface area contributed by atoms with Gasteiger partial charge in [0.05, 0.1) is 24.1 Å². The lowest BCUT2D eigenvalue weighted by Gasteiger charge is -2.22. The monoisotopic (exact) mass is 444 g/mol. The van der Waals surface area contributed by atoms with Gasteiger partial charge in [-0.1, -0.05) is 33.8 Å². The van der Waals surface area contributed by atoms with Crippen LogP contribution in [0.25, 0.3) is 0 Å². The second-order valence-corrected chi connectivity index (χ2v) is 6.63. The largest absolute Gasteiger partial charge is 0.505 e. The lowest BCUT2D eigenvalue weighted by Crippen LogP contribution is -2.45. The fourth-order valence-corrected chi connectivity index (χ4v) is 2.78. The van der Waals surface area contributed by atoms with Gasteiger partial charge in [-0.05, 0) is 30.7 Å². The Balaban J connectivity index is 0.00000121. The highest BCUT2D eigenvalue weighted by atomic mass is 16.3. The molecule has 0 radical (unpaired) electrons. The van der Waals surface area contributed by atoms with Crippen LogP contribution in [0, 0.1) is 6.92 Å². The molecule has 2 aromatic carbocycles. The zero-order valence-corrected chi connectivity index (χ0v) is 19.6. The number of carbonyl (C=O) groups excluding carboxylic acids is 1. The third-order valence-electron chi connectivity index (χ3n) is 4.22. The number of nitrogens with one attached hydrogen (secondary N) is 1. The van der Waals surface area contributed by atoms with Gasteiger partial charge in [-0.2, -0.15) is 0 Å². The number of aryl methyl sites for hydroxylation is 1. The van der Waals surface area contributed by atoms with Crippen molar-refractivity contribution in [1.82, 2.24) is 4.90 Å². The molecule has 0 bridgehead atoms. The fraction of sp³-hybridized carbons (Fsp3) is 0.348. The summed E-state index contributed by atoms with van der Waals surface area (Å²) in [5.41, 5.74) is -0.505. The van der Waals surface area contributed by atoms with E-state index in [9.17, 15) is 19.5 Å². The quantitative estimate of drug-likeness (QED) is 0.229. The summed E-state index contributed by atoms with van der Waals surface area (Å²) in [7, 11) is 3.11. The lowest BCUT2D eigenvalue weighted by atomic mass is 10.1. The van der Waals surface area contributed by atoms with Crippen molar-refractivity contribution >= 4 is 23.0 Å². The van der Waals surface area contributed by atoms with E-state index in [4.69, 9.17) is 10.3 Å². The number of rotatable bonds is 6. The maximum atomic E-state index is 12.1. The molecule has 9 nitrogen and oxygen atoms in total. The van der Waals surface area contributed by atoms with Gasteiger partial charge in [0, 0.05) is 14.1 Å². The molecule has 0 saturated carbocycles. The van der Waals surface area contributed by atoms with Crippen molar-refractivity contribution in [2.24, 2.45) is 5.84 Å². The number of phenols is 1. The van der Waals surface area contributed by atoms with Crippen molar-refractivity contribution in [1.29, 1.82) is 0 Å². The summed E-state index contributed by atoms with van der Waals surface area (Å²) in [5.74, 6) is 5.75. The number of para-hydroxylation sites is 1. The molecule has 32 heavy (non-hydrogen) atoms. The minimum absolute atomic E-state index is 0.0252. The van der Waals surface area contributed by atoms with Crippen molar-refractivity contribution in [3.8, 4) is 5.75 Å². The molecule has 0 aliphatic rings. The molecule has 1 heterocycles. The predicted octanol–water partition coefficient (Wildman–Crippen LogP) is 3.27. The second-order valence-electron chi connectivity index (χ2n) is 6.63. The molecule has 3 aromatic rings. The number of hydrogen-bond acceptors (Lipinski definition) is 8. The van der Waals surface area contributed by atoms with E-state index < -0.39 is 16.8 Å². The predicted molar refractivity (Wildman–Crippen MR) is 127 cm³/mol. The molecule has 0 atom stereocenters. The smallest absolute Gasteiger partial charge is 0.257 e. The second kappa shape index (κ2) is 11.7. The third-order valence-corrected chi connectivity index (χ3v) is 4.22. The van der Waals surface area contributed by atoms with Crippen LogP contribution in [0.1, 0.15) is 49.4 Å². The number of aromatic hydroxyl groups is 1. The molecule has 0 unspecified atom stereocenters. The van der Waals surface area contributed by atoms with Gasteiger partial charge >= 0.3 is 0 Å². The first-order valence-electron chi connectivity index (χ1n) is 10.4. The van der Waals surface area contributed by atoms with Crippen molar-refractivity contribution < 1.29 is 14.3 Å². The average molecular weight is 445 g/mol. The Morgan fingerprint density at radius 1 is 1.12 bits per heavy atom. The summed E-state index contributed by atoms with van der Waals surface area (Å²) in [4.78, 5) is 37.5. The van der Waals surface area contributed by atoms with Gasteiger partial charge in [0.2, 0.25) is 0 Å². The van der Waals surface area contributed by atoms with E-state index in [0.29, 0.717) is 5.76 Å². The number of carbonyl (C=O) groups is 1. The summed E-state index contributed by atoms with van der Waals surface area (Å²) < 4.78 is 5.31. The number of nitrogens with two attached hydrogens (primary N) is 1. The van der Waals surface area contributed by atoms with Crippen molar-refractivity contribution in [3.63, 3.8) is 0 Å². The SMILES string of the molecule is CC.CC.Cc1coc(CN(N)c2c(Nc3cccc(C(=O)N(C)C)c3O)c(=O)c2=O)c1. The number of furan rings is 1. The fourth-order valence-electron chi connectivity index (χ4n) is 2.78. The molecule has 0 aliphatic carbocycles. The normalized spacial score (nSPS) is 9.88. The number of benzene rings is 1. The number of anilines is 3. The molecule has 9 heteroatoms. The molecule has 3 rings (SSSR count). The van der Waals surface area contributed by atoms with E-state index in [2.05, 4.69) is 5.32 Å². The van der Waals surface area contributed by atoms with Gasteiger partial charge in [0.15, 0.2) is 5.75 Å². The van der Waals surface area contributed by atoms with Gasteiger partial charge in [0.1, 0.15) is 17.1 Å². The van der Waals surface area contributed by atoms with Gasteiger partial charge in [-0.15, -0.1) is 0 Å². The van der Waals surface area contributed by atoms with Crippen LogP contribution in [0.5, 0.6) is 5.75 Å². The van der Waals surface area contributed by atoms with Crippen molar-refractivity contribution in [3.05, 3.63) is 67.9 Å². The molecule has 174 valence electrons. The van der Waals surface area contributed by atoms with Crippen LogP contribution in [0.15, 0.2) is 44.5 Å². The molecular formula is C23H32N4O5. The third kappa shape index (κ3) is 5.55. The van der Waals surface area contributed by atoms with Crippen LogP contribution >= 0.6 is 0 Å². The highest BCUT2D eigenvalue weighted by Crippen LogP contribution is 2.32.